The number of hydrogen-bond acceptors (Lipinski definition) is 2. The zero-order chi connectivity index (χ0) is 14.0. The molecule has 3 nitrogen and oxygen atoms in total. The molecule has 3 N–H and O–H groups in total. The molecule has 2 aromatic carbocycles. The summed E-state index contributed by atoms with van der Waals surface area (Å²) in [6.45, 7) is 1.84. The van der Waals surface area contributed by atoms with Crippen LogP contribution in [-0.2, 0) is 0 Å². The van der Waals surface area contributed by atoms with Gasteiger partial charge in [-0.05, 0) is 48.9 Å². The fraction of sp³-hybridized carbons (Fsp3) is 0.0714. The molecule has 0 radical (unpaired) electrons. The highest BCUT2D eigenvalue weighted by atomic mass is 35.5. The van der Waals surface area contributed by atoms with E-state index in [1.54, 1.807) is 18.2 Å². The number of amides is 1. The molecule has 0 saturated heterocycles. The highest BCUT2D eigenvalue weighted by Gasteiger charge is 2.11. The lowest BCUT2D eigenvalue weighted by Gasteiger charge is -2.08. The molecular weight excluding hydrogens is 267 g/mol. The Bertz CT molecular complexity index is 643. The van der Waals surface area contributed by atoms with Crippen LogP contribution < -0.4 is 11.1 Å². The lowest BCUT2D eigenvalue weighted by molar-refractivity contribution is 0.102. The minimum Gasteiger partial charge on any atom is -0.399 e. The maximum Gasteiger partial charge on any atom is 0.257 e. The summed E-state index contributed by atoms with van der Waals surface area (Å²) in [5, 5.41) is 2.76. The number of carbonyl (C=O) groups excluding carboxylic acids is 1. The van der Waals surface area contributed by atoms with E-state index in [2.05, 4.69) is 5.32 Å². The first-order valence-corrected chi connectivity index (χ1v) is 5.97. The Kier molecular flexibility index (Phi) is 3.71. The van der Waals surface area contributed by atoms with E-state index in [1.807, 2.05) is 6.92 Å². The van der Waals surface area contributed by atoms with Crippen LogP contribution in [0.2, 0.25) is 5.02 Å². The second-order valence-electron chi connectivity index (χ2n) is 4.15. The van der Waals surface area contributed by atoms with Crippen LogP contribution in [0.3, 0.4) is 0 Å². The van der Waals surface area contributed by atoms with Gasteiger partial charge in [0.25, 0.3) is 5.91 Å². The summed E-state index contributed by atoms with van der Waals surface area (Å²) in [5.74, 6) is -0.876. The van der Waals surface area contributed by atoms with E-state index in [-0.39, 0.29) is 10.6 Å². The van der Waals surface area contributed by atoms with E-state index in [0.717, 1.165) is 11.6 Å². The maximum absolute atomic E-state index is 12.9. The summed E-state index contributed by atoms with van der Waals surface area (Å²) in [7, 11) is 0. The van der Waals surface area contributed by atoms with Gasteiger partial charge >= 0.3 is 0 Å². The molecule has 0 aliphatic heterocycles. The Labute approximate surface area is 115 Å². The van der Waals surface area contributed by atoms with E-state index < -0.39 is 11.7 Å². The van der Waals surface area contributed by atoms with Crippen LogP contribution in [0.15, 0.2) is 36.4 Å². The van der Waals surface area contributed by atoms with E-state index >= 15 is 0 Å². The number of carbonyl (C=O) groups is 1. The standard InChI is InChI=1S/C14H12ClFN2O/c1-8-6-10(3-5-13(8)17)18-14(19)11-4-2-9(16)7-12(11)15/h2-7H,17H2,1H3,(H,18,19). The molecule has 0 fully saturated rings. The Morgan fingerprint density at radius 3 is 2.63 bits per heavy atom. The smallest absolute Gasteiger partial charge is 0.257 e. The Hall–Kier alpha value is -2.07. The van der Waals surface area contributed by atoms with Crippen LogP contribution in [0, 0.1) is 12.7 Å². The van der Waals surface area contributed by atoms with Crippen molar-refractivity contribution in [1.29, 1.82) is 0 Å². The number of nitrogens with two attached hydrogens (primary N) is 1. The number of benzene rings is 2. The fourth-order valence-electron chi connectivity index (χ4n) is 1.63. The molecule has 19 heavy (non-hydrogen) atoms. The maximum atomic E-state index is 12.9. The molecule has 0 atom stereocenters. The molecule has 98 valence electrons. The van der Waals surface area contributed by atoms with Crippen molar-refractivity contribution in [3.8, 4) is 0 Å². The van der Waals surface area contributed by atoms with E-state index in [4.69, 9.17) is 17.3 Å². The van der Waals surface area contributed by atoms with E-state index in [9.17, 15) is 9.18 Å². The number of hydrogen-bond donors (Lipinski definition) is 2. The van der Waals surface area contributed by atoms with Gasteiger partial charge in [0.2, 0.25) is 0 Å². The third-order valence-electron chi connectivity index (χ3n) is 2.70. The van der Waals surface area contributed by atoms with Crippen LogP contribution >= 0.6 is 11.6 Å². The predicted molar refractivity (Wildman–Crippen MR) is 75.0 cm³/mol. The molecule has 0 unspecified atom stereocenters. The lowest BCUT2D eigenvalue weighted by Crippen LogP contribution is -2.12. The van der Waals surface area contributed by atoms with Crippen molar-refractivity contribution in [3.63, 3.8) is 0 Å². The third kappa shape index (κ3) is 3.03. The van der Waals surface area contributed by atoms with Crippen LogP contribution in [0.1, 0.15) is 15.9 Å². The first-order chi connectivity index (χ1) is 8.97. The molecule has 0 bridgehead atoms. The zero-order valence-electron chi connectivity index (χ0n) is 10.2. The van der Waals surface area contributed by atoms with Gasteiger partial charge in [-0.25, -0.2) is 4.39 Å². The van der Waals surface area contributed by atoms with Crippen molar-refractivity contribution >= 4 is 28.9 Å². The average molecular weight is 279 g/mol. The van der Waals surface area contributed by atoms with Gasteiger partial charge in [-0.15, -0.1) is 0 Å². The van der Waals surface area contributed by atoms with Crippen molar-refractivity contribution in [2.75, 3.05) is 11.1 Å². The molecule has 1 amide bonds. The van der Waals surface area contributed by atoms with Gasteiger partial charge in [-0.1, -0.05) is 11.6 Å². The molecule has 0 aliphatic rings. The predicted octanol–water partition coefficient (Wildman–Crippen LogP) is 3.62. The van der Waals surface area contributed by atoms with E-state index in [0.29, 0.717) is 11.4 Å². The Morgan fingerprint density at radius 1 is 1.26 bits per heavy atom. The van der Waals surface area contributed by atoms with Crippen molar-refractivity contribution in [2.45, 2.75) is 6.92 Å². The SMILES string of the molecule is Cc1cc(NC(=O)c2ccc(F)cc2Cl)ccc1N. The average Bonchev–Trinajstić information content (AvgIpc) is 2.33. The first kappa shape index (κ1) is 13.4. The first-order valence-electron chi connectivity index (χ1n) is 5.60. The second kappa shape index (κ2) is 5.28. The van der Waals surface area contributed by atoms with Crippen LogP contribution in [-0.4, -0.2) is 5.91 Å². The largest absolute Gasteiger partial charge is 0.399 e. The van der Waals surface area contributed by atoms with Gasteiger partial charge < -0.3 is 11.1 Å². The molecule has 2 rings (SSSR count). The molecule has 0 heterocycles. The van der Waals surface area contributed by atoms with Gasteiger partial charge in [0.05, 0.1) is 10.6 Å². The van der Waals surface area contributed by atoms with Gasteiger partial charge in [0, 0.05) is 11.4 Å². The Morgan fingerprint density at radius 2 is 2.00 bits per heavy atom. The summed E-state index contributed by atoms with van der Waals surface area (Å²) >= 11 is 5.83. The summed E-state index contributed by atoms with van der Waals surface area (Å²) in [6, 6.07) is 8.79. The number of aryl methyl sites for hydroxylation is 1. The molecule has 0 saturated carbocycles. The number of nitrogens with one attached hydrogen (secondary N) is 1. The minimum absolute atomic E-state index is 0.0738. The van der Waals surface area contributed by atoms with Gasteiger partial charge in [-0.2, -0.15) is 0 Å². The van der Waals surface area contributed by atoms with Crippen molar-refractivity contribution < 1.29 is 9.18 Å². The molecule has 2 aromatic rings. The number of halogens is 2. The molecule has 0 aliphatic carbocycles. The highest BCUT2D eigenvalue weighted by molar-refractivity contribution is 6.34. The summed E-state index contributed by atoms with van der Waals surface area (Å²) in [6.07, 6.45) is 0. The molecule has 0 spiro atoms. The normalized spacial score (nSPS) is 10.3. The summed E-state index contributed by atoms with van der Waals surface area (Å²) < 4.78 is 12.9. The topological polar surface area (TPSA) is 55.1 Å². The van der Waals surface area contributed by atoms with Gasteiger partial charge in [0.15, 0.2) is 0 Å². The Balaban J connectivity index is 2.23. The number of rotatable bonds is 2. The van der Waals surface area contributed by atoms with Gasteiger partial charge in [-0.3, -0.25) is 4.79 Å². The van der Waals surface area contributed by atoms with E-state index in [1.165, 1.54) is 12.1 Å². The van der Waals surface area contributed by atoms with Crippen molar-refractivity contribution in [2.24, 2.45) is 0 Å². The summed E-state index contributed by atoms with van der Waals surface area (Å²) in [5.41, 5.74) is 8.04. The lowest BCUT2D eigenvalue weighted by atomic mass is 10.1. The molecule has 0 aromatic heterocycles. The number of nitrogen functional groups attached to an aromatic ring is 1. The molecular formula is C14H12ClFN2O. The quantitative estimate of drug-likeness (QED) is 0.824. The van der Waals surface area contributed by atoms with Crippen LogP contribution in [0.5, 0.6) is 0 Å². The fourth-order valence-corrected chi connectivity index (χ4v) is 1.88. The monoisotopic (exact) mass is 278 g/mol. The zero-order valence-corrected chi connectivity index (χ0v) is 11.0. The van der Waals surface area contributed by atoms with Crippen molar-refractivity contribution in [3.05, 3.63) is 58.4 Å². The number of anilines is 2. The van der Waals surface area contributed by atoms with Crippen molar-refractivity contribution in [1.82, 2.24) is 0 Å². The van der Waals surface area contributed by atoms with Gasteiger partial charge in [0.1, 0.15) is 5.82 Å². The minimum atomic E-state index is -0.482. The summed E-state index contributed by atoms with van der Waals surface area (Å²) in [4.78, 5) is 12.0. The highest BCUT2D eigenvalue weighted by Crippen LogP contribution is 2.21. The second-order valence-corrected chi connectivity index (χ2v) is 4.56. The third-order valence-corrected chi connectivity index (χ3v) is 3.02. The molecule has 5 heteroatoms. The van der Waals surface area contributed by atoms with Crippen LogP contribution in [0.4, 0.5) is 15.8 Å². The van der Waals surface area contributed by atoms with Crippen LogP contribution in [0.25, 0.3) is 0 Å².